The highest BCUT2D eigenvalue weighted by atomic mass is 127. The van der Waals surface area contributed by atoms with E-state index >= 15 is 0 Å². The van der Waals surface area contributed by atoms with Gasteiger partial charge in [0.2, 0.25) is 0 Å². The Morgan fingerprint density at radius 3 is 2.63 bits per heavy atom. The molecule has 0 aromatic heterocycles. The Hall–Kier alpha value is -1.35. The average molecular weight is 488 g/mol. The van der Waals surface area contributed by atoms with Crippen LogP contribution in [0.1, 0.15) is 19.4 Å². The normalized spacial score (nSPS) is 21.0. The van der Waals surface area contributed by atoms with Gasteiger partial charge in [0.05, 0.1) is 13.0 Å². The number of hydrogen-bond acceptors (Lipinski definition) is 4. The lowest BCUT2D eigenvalue weighted by atomic mass is 9.99. The number of ether oxygens (including phenoxy) is 1. The fourth-order valence-electron chi connectivity index (χ4n) is 3.35. The van der Waals surface area contributed by atoms with Crippen LogP contribution in [0.3, 0.4) is 0 Å². The maximum absolute atomic E-state index is 11.9. The zero-order valence-electron chi connectivity index (χ0n) is 17.0. The van der Waals surface area contributed by atoms with Crippen molar-refractivity contribution >= 4 is 35.9 Å². The molecular formula is C20H33IN4O2. The summed E-state index contributed by atoms with van der Waals surface area (Å²) in [5.41, 5.74) is 1.31. The molecular weight excluding hydrogens is 455 g/mol. The van der Waals surface area contributed by atoms with Gasteiger partial charge >= 0.3 is 5.97 Å². The van der Waals surface area contributed by atoms with Crippen LogP contribution >= 0.6 is 24.0 Å². The molecule has 6 nitrogen and oxygen atoms in total. The third-order valence-electron chi connectivity index (χ3n) is 5.21. The molecule has 152 valence electrons. The number of likely N-dealkylation sites (N-methyl/N-ethyl adjacent to an activating group) is 1. The van der Waals surface area contributed by atoms with Crippen molar-refractivity contribution in [2.24, 2.45) is 16.8 Å². The van der Waals surface area contributed by atoms with Crippen molar-refractivity contribution in [1.29, 1.82) is 0 Å². The fraction of sp³-hybridized carbons (Fsp3) is 0.600. The number of carbonyl (C=O) groups excluding carboxylic acids is 1. The SMILES string of the molecule is CN=C(NCC(C)N(C)Cc1ccccc1)N1CC(C)C(C(=O)OC)C1.I. The molecule has 1 aliphatic rings. The van der Waals surface area contributed by atoms with Crippen LogP contribution < -0.4 is 5.32 Å². The van der Waals surface area contributed by atoms with Crippen LogP contribution in [0.15, 0.2) is 35.3 Å². The minimum atomic E-state index is -0.133. The van der Waals surface area contributed by atoms with Gasteiger partial charge in [-0.2, -0.15) is 0 Å². The first-order valence-electron chi connectivity index (χ1n) is 9.23. The minimum Gasteiger partial charge on any atom is -0.469 e. The van der Waals surface area contributed by atoms with Gasteiger partial charge in [-0.3, -0.25) is 14.7 Å². The van der Waals surface area contributed by atoms with E-state index in [1.54, 1.807) is 7.05 Å². The number of benzene rings is 1. The van der Waals surface area contributed by atoms with Crippen molar-refractivity contribution in [2.45, 2.75) is 26.4 Å². The molecule has 0 aliphatic carbocycles. The highest BCUT2D eigenvalue weighted by molar-refractivity contribution is 14.0. The molecule has 3 atom stereocenters. The first-order valence-corrected chi connectivity index (χ1v) is 9.23. The Kier molecular flexibility index (Phi) is 10.1. The lowest BCUT2D eigenvalue weighted by Gasteiger charge is -2.28. The molecule has 1 aliphatic heterocycles. The molecule has 27 heavy (non-hydrogen) atoms. The summed E-state index contributed by atoms with van der Waals surface area (Å²) in [6, 6.07) is 10.8. The summed E-state index contributed by atoms with van der Waals surface area (Å²) >= 11 is 0. The summed E-state index contributed by atoms with van der Waals surface area (Å²) in [7, 11) is 5.37. The van der Waals surface area contributed by atoms with Gasteiger partial charge in [-0.25, -0.2) is 0 Å². The number of carbonyl (C=O) groups is 1. The monoisotopic (exact) mass is 488 g/mol. The smallest absolute Gasteiger partial charge is 0.310 e. The molecule has 7 heteroatoms. The number of esters is 1. The maximum Gasteiger partial charge on any atom is 0.310 e. The Labute approximate surface area is 180 Å². The van der Waals surface area contributed by atoms with E-state index in [-0.39, 0.29) is 41.8 Å². The molecule has 1 N–H and O–H groups in total. The van der Waals surface area contributed by atoms with Crippen LogP contribution in [-0.2, 0) is 16.1 Å². The molecule has 2 rings (SSSR count). The van der Waals surface area contributed by atoms with E-state index in [0.29, 0.717) is 12.6 Å². The topological polar surface area (TPSA) is 57.2 Å². The molecule has 1 saturated heterocycles. The second-order valence-electron chi connectivity index (χ2n) is 7.19. The van der Waals surface area contributed by atoms with Gasteiger partial charge in [0, 0.05) is 39.3 Å². The zero-order valence-corrected chi connectivity index (χ0v) is 19.3. The summed E-state index contributed by atoms with van der Waals surface area (Å²) in [5, 5.41) is 3.46. The Morgan fingerprint density at radius 1 is 1.37 bits per heavy atom. The highest BCUT2D eigenvalue weighted by Gasteiger charge is 2.36. The lowest BCUT2D eigenvalue weighted by Crippen LogP contribution is -2.46. The first kappa shape index (κ1) is 23.7. The average Bonchev–Trinajstić information content (AvgIpc) is 3.03. The Morgan fingerprint density at radius 2 is 2.04 bits per heavy atom. The van der Waals surface area contributed by atoms with Crippen molar-refractivity contribution in [2.75, 3.05) is 40.8 Å². The number of aliphatic imine (C=N–C) groups is 1. The molecule has 1 heterocycles. The number of methoxy groups -OCH3 is 1. The van der Waals surface area contributed by atoms with Crippen LogP contribution in [0, 0.1) is 11.8 Å². The maximum atomic E-state index is 11.9. The Bertz CT molecular complexity index is 611. The van der Waals surface area contributed by atoms with E-state index in [0.717, 1.165) is 25.6 Å². The van der Waals surface area contributed by atoms with E-state index < -0.39 is 0 Å². The lowest BCUT2D eigenvalue weighted by molar-refractivity contribution is -0.145. The van der Waals surface area contributed by atoms with Crippen molar-refractivity contribution in [3.05, 3.63) is 35.9 Å². The van der Waals surface area contributed by atoms with Gasteiger partial charge in [-0.05, 0) is 25.5 Å². The van der Waals surface area contributed by atoms with E-state index in [9.17, 15) is 4.79 Å². The fourth-order valence-corrected chi connectivity index (χ4v) is 3.35. The van der Waals surface area contributed by atoms with Crippen LogP contribution in [-0.4, -0.2) is 68.6 Å². The zero-order chi connectivity index (χ0) is 19.1. The predicted molar refractivity (Wildman–Crippen MR) is 120 cm³/mol. The molecule has 0 amide bonds. The van der Waals surface area contributed by atoms with E-state index in [1.807, 2.05) is 6.07 Å². The number of nitrogens with zero attached hydrogens (tertiary/aromatic N) is 3. The predicted octanol–water partition coefficient (Wildman–Crippen LogP) is 2.44. The third-order valence-corrected chi connectivity index (χ3v) is 5.21. The number of hydrogen-bond donors (Lipinski definition) is 1. The van der Waals surface area contributed by atoms with Crippen molar-refractivity contribution in [1.82, 2.24) is 15.1 Å². The van der Waals surface area contributed by atoms with Crippen LogP contribution in [0.25, 0.3) is 0 Å². The first-order chi connectivity index (χ1) is 12.5. The van der Waals surface area contributed by atoms with Gasteiger partial charge in [0.15, 0.2) is 5.96 Å². The van der Waals surface area contributed by atoms with Crippen LogP contribution in [0.5, 0.6) is 0 Å². The second-order valence-corrected chi connectivity index (χ2v) is 7.19. The van der Waals surface area contributed by atoms with Gasteiger partial charge in [-0.15, -0.1) is 24.0 Å². The summed E-state index contributed by atoms with van der Waals surface area (Å²) in [6.45, 7) is 7.46. The summed E-state index contributed by atoms with van der Waals surface area (Å²) < 4.78 is 4.92. The molecule has 1 aromatic carbocycles. The molecule has 1 aromatic rings. The molecule has 3 unspecified atom stereocenters. The van der Waals surface area contributed by atoms with Crippen LogP contribution in [0.2, 0.25) is 0 Å². The largest absolute Gasteiger partial charge is 0.469 e. The summed E-state index contributed by atoms with van der Waals surface area (Å²) in [6.07, 6.45) is 0. The standard InChI is InChI=1S/C20H32N4O2.HI/c1-15-12-24(14-18(15)19(25)26-5)20(21-3)22-11-16(2)23(4)13-17-9-7-6-8-10-17;/h6-10,15-16,18H,11-14H2,1-5H3,(H,21,22);1H. The third kappa shape index (κ3) is 6.64. The van der Waals surface area contributed by atoms with Gasteiger partial charge in [0.1, 0.15) is 0 Å². The van der Waals surface area contributed by atoms with E-state index in [2.05, 4.69) is 65.3 Å². The van der Waals surface area contributed by atoms with Crippen molar-refractivity contribution in [3.8, 4) is 0 Å². The summed E-state index contributed by atoms with van der Waals surface area (Å²) in [5.74, 6) is 0.894. The number of likely N-dealkylation sites (tertiary alicyclic amines) is 1. The number of guanidine groups is 1. The van der Waals surface area contributed by atoms with Gasteiger partial charge < -0.3 is 15.0 Å². The highest BCUT2D eigenvalue weighted by Crippen LogP contribution is 2.24. The molecule has 0 saturated carbocycles. The molecule has 0 bridgehead atoms. The quantitative estimate of drug-likeness (QED) is 0.289. The molecule has 0 spiro atoms. The number of rotatable bonds is 6. The van der Waals surface area contributed by atoms with Crippen molar-refractivity contribution in [3.63, 3.8) is 0 Å². The minimum absolute atomic E-state index is 0. The van der Waals surface area contributed by atoms with Crippen molar-refractivity contribution < 1.29 is 9.53 Å². The summed E-state index contributed by atoms with van der Waals surface area (Å²) in [4.78, 5) is 20.8. The van der Waals surface area contributed by atoms with E-state index in [1.165, 1.54) is 12.7 Å². The van der Waals surface area contributed by atoms with Gasteiger partial charge in [-0.1, -0.05) is 37.3 Å². The van der Waals surface area contributed by atoms with Crippen LogP contribution in [0.4, 0.5) is 0 Å². The van der Waals surface area contributed by atoms with E-state index in [4.69, 9.17) is 4.74 Å². The number of halogens is 1. The number of nitrogens with one attached hydrogen (secondary N) is 1. The second kappa shape index (κ2) is 11.5. The molecule has 1 fully saturated rings. The molecule has 0 radical (unpaired) electrons. The Balaban J connectivity index is 0.00000364. The van der Waals surface area contributed by atoms with Gasteiger partial charge in [0.25, 0.3) is 0 Å².